The largest absolute Gasteiger partial charge is 0.480 e. The summed E-state index contributed by atoms with van der Waals surface area (Å²) in [5.41, 5.74) is 0. The van der Waals surface area contributed by atoms with Crippen LogP contribution in [0.4, 0.5) is 4.79 Å². The minimum atomic E-state index is -1.40. The van der Waals surface area contributed by atoms with Gasteiger partial charge in [0.15, 0.2) is 6.04 Å². The lowest BCUT2D eigenvalue weighted by atomic mass is 10.3. The molecule has 17 heavy (non-hydrogen) atoms. The van der Waals surface area contributed by atoms with E-state index in [1.54, 1.807) is 6.92 Å². The highest BCUT2D eigenvalue weighted by atomic mass is 16.5. The molecule has 1 unspecified atom stereocenters. The van der Waals surface area contributed by atoms with Crippen molar-refractivity contribution in [3.63, 3.8) is 0 Å². The van der Waals surface area contributed by atoms with Crippen LogP contribution < -0.4 is 5.32 Å². The van der Waals surface area contributed by atoms with Crippen molar-refractivity contribution < 1.29 is 29.3 Å². The standard InChI is InChI=1S/C9H16N2O6/c1-3-17-7(13)4-11(2)9(16)10-6(5-12)8(14)15/h6,12H,3-5H2,1-2H3,(H,10,16)(H,14,15). The predicted octanol–water partition coefficient (Wildman–Crippen LogP) is -1.36. The zero-order chi connectivity index (χ0) is 13.4. The van der Waals surface area contributed by atoms with Crippen LogP contribution in [0.1, 0.15) is 6.92 Å². The number of carbonyl (C=O) groups is 3. The third-order valence-electron chi connectivity index (χ3n) is 1.80. The highest BCUT2D eigenvalue weighted by molar-refractivity contribution is 5.85. The van der Waals surface area contributed by atoms with Gasteiger partial charge in [-0.1, -0.05) is 0 Å². The first-order valence-electron chi connectivity index (χ1n) is 4.93. The molecular weight excluding hydrogens is 232 g/mol. The molecule has 0 aromatic heterocycles. The van der Waals surface area contributed by atoms with Crippen LogP contribution in [0.25, 0.3) is 0 Å². The number of carboxylic acids is 1. The molecule has 0 aromatic rings. The van der Waals surface area contributed by atoms with Crippen molar-refractivity contribution in [1.29, 1.82) is 0 Å². The molecule has 98 valence electrons. The van der Waals surface area contributed by atoms with Gasteiger partial charge in [0.05, 0.1) is 13.2 Å². The van der Waals surface area contributed by atoms with E-state index in [-0.39, 0.29) is 13.2 Å². The fraction of sp³-hybridized carbons (Fsp3) is 0.667. The van der Waals surface area contributed by atoms with Crippen molar-refractivity contribution in [3.8, 4) is 0 Å². The number of hydrogen-bond acceptors (Lipinski definition) is 5. The first-order valence-corrected chi connectivity index (χ1v) is 4.93. The molecule has 0 aliphatic heterocycles. The average molecular weight is 248 g/mol. The summed E-state index contributed by atoms with van der Waals surface area (Å²) in [4.78, 5) is 33.9. The highest BCUT2D eigenvalue weighted by Gasteiger charge is 2.21. The van der Waals surface area contributed by atoms with E-state index in [2.05, 4.69) is 4.74 Å². The molecule has 0 rings (SSSR count). The number of rotatable bonds is 6. The van der Waals surface area contributed by atoms with E-state index < -0.39 is 30.6 Å². The summed E-state index contributed by atoms with van der Waals surface area (Å²) in [7, 11) is 1.31. The Bertz CT molecular complexity index is 293. The van der Waals surface area contributed by atoms with Crippen molar-refractivity contribution >= 4 is 18.0 Å². The molecule has 0 saturated heterocycles. The minimum absolute atomic E-state index is 0.197. The summed E-state index contributed by atoms with van der Waals surface area (Å²) in [5, 5.41) is 19.3. The van der Waals surface area contributed by atoms with Gasteiger partial charge in [0.25, 0.3) is 0 Å². The molecule has 8 nitrogen and oxygen atoms in total. The lowest BCUT2D eigenvalue weighted by molar-refractivity contribution is -0.143. The number of urea groups is 1. The first kappa shape index (κ1) is 15.2. The second-order valence-corrected chi connectivity index (χ2v) is 3.18. The van der Waals surface area contributed by atoms with Crippen molar-refractivity contribution in [2.75, 3.05) is 26.8 Å². The first-order chi connectivity index (χ1) is 7.92. The summed E-state index contributed by atoms with van der Waals surface area (Å²) in [6.45, 7) is 0.804. The molecule has 0 spiro atoms. The van der Waals surface area contributed by atoms with Crippen LogP contribution in [0.2, 0.25) is 0 Å². The minimum Gasteiger partial charge on any atom is -0.480 e. The maximum Gasteiger partial charge on any atom is 0.328 e. The predicted molar refractivity (Wildman–Crippen MR) is 56.3 cm³/mol. The third kappa shape index (κ3) is 5.71. The third-order valence-corrected chi connectivity index (χ3v) is 1.80. The Hall–Kier alpha value is -1.83. The molecule has 1 atom stereocenters. The number of carbonyl (C=O) groups excluding carboxylic acids is 2. The van der Waals surface area contributed by atoms with Crippen LogP contribution in [-0.2, 0) is 14.3 Å². The molecule has 0 saturated carbocycles. The van der Waals surface area contributed by atoms with Gasteiger partial charge in [-0.25, -0.2) is 9.59 Å². The van der Waals surface area contributed by atoms with Gasteiger partial charge in [0.2, 0.25) is 0 Å². The molecule has 2 amide bonds. The molecule has 0 bridgehead atoms. The van der Waals surface area contributed by atoms with E-state index >= 15 is 0 Å². The van der Waals surface area contributed by atoms with Gasteiger partial charge in [0, 0.05) is 7.05 Å². The molecule has 0 aromatic carbocycles. The summed E-state index contributed by atoms with van der Waals surface area (Å²) in [5.74, 6) is -1.95. The number of nitrogens with one attached hydrogen (secondary N) is 1. The fourth-order valence-electron chi connectivity index (χ4n) is 0.917. The molecule has 0 fully saturated rings. The number of likely N-dealkylation sites (N-methyl/N-ethyl adjacent to an activating group) is 1. The summed E-state index contributed by atoms with van der Waals surface area (Å²) in [6, 6.07) is -2.17. The van der Waals surface area contributed by atoms with Crippen molar-refractivity contribution in [3.05, 3.63) is 0 Å². The van der Waals surface area contributed by atoms with Crippen molar-refractivity contribution in [1.82, 2.24) is 10.2 Å². The van der Waals surface area contributed by atoms with Gasteiger partial charge in [-0.05, 0) is 6.92 Å². The number of aliphatic hydroxyl groups is 1. The SMILES string of the molecule is CCOC(=O)CN(C)C(=O)NC(CO)C(=O)O. The van der Waals surface area contributed by atoms with E-state index in [4.69, 9.17) is 10.2 Å². The van der Waals surface area contributed by atoms with E-state index in [0.717, 1.165) is 4.90 Å². The number of hydrogen-bond donors (Lipinski definition) is 3. The Balaban J connectivity index is 4.21. The van der Waals surface area contributed by atoms with Gasteiger partial charge >= 0.3 is 18.0 Å². The summed E-state index contributed by atoms with van der Waals surface area (Å²) < 4.78 is 4.62. The van der Waals surface area contributed by atoms with Gasteiger partial charge in [-0.2, -0.15) is 0 Å². The van der Waals surface area contributed by atoms with Crippen LogP contribution in [0.15, 0.2) is 0 Å². The van der Waals surface area contributed by atoms with Crippen LogP contribution in [-0.4, -0.2) is 65.9 Å². The van der Waals surface area contributed by atoms with Crippen LogP contribution >= 0.6 is 0 Å². The van der Waals surface area contributed by atoms with E-state index in [1.807, 2.05) is 5.32 Å². The molecule has 3 N–H and O–H groups in total. The Morgan fingerprint density at radius 1 is 1.41 bits per heavy atom. The van der Waals surface area contributed by atoms with Crippen LogP contribution in [0.5, 0.6) is 0 Å². The number of nitrogens with zero attached hydrogens (tertiary/aromatic N) is 1. The average Bonchev–Trinajstić information content (AvgIpc) is 2.25. The highest BCUT2D eigenvalue weighted by Crippen LogP contribution is 1.90. The maximum atomic E-state index is 11.4. The number of aliphatic carboxylic acids is 1. The second-order valence-electron chi connectivity index (χ2n) is 3.18. The van der Waals surface area contributed by atoms with Crippen molar-refractivity contribution in [2.45, 2.75) is 13.0 Å². The Kier molecular flexibility index (Phi) is 6.64. The summed E-state index contributed by atoms with van der Waals surface area (Å²) >= 11 is 0. The molecule has 8 heteroatoms. The number of aliphatic hydroxyl groups excluding tert-OH is 1. The topological polar surface area (TPSA) is 116 Å². The van der Waals surface area contributed by atoms with Crippen LogP contribution in [0, 0.1) is 0 Å². The van der Waals surface area contributed by atoms with Gasteiger partial charge < -0.3 is 25.2 Å². The van der Waals surface area contributed by atoms with E-state index in [0.29, 0.717) is 0 Å². The number of esters is 1. The number of ether oxygens (including phenoxy) is 1. The Labute approximate surface area is 98.2 Å². The van der Waals surface area contributed by atoms with E-state index in [1.165, 1.54) is 7.05 Å². The smallest absolute Gasteiger partial charge is 0.328 e. The van der Waals surface area contributed by atoms with Gasteiger partial charge in [0.1, 0.15) is 6.54 Å². The van der Waals surface area contributed by atoms with Gasteiger partial charge in [-0.15, -0.1) is 0 Å². The molecular formula is C9H16N2O6. The molecule has 0 aliphatic carbocycles. The molecule has 0 radical (unpaired) electrons. The van der Waals surface area contributed by atoms with E-state index in [9.17, 15) is 14.4 Å². The van der Waals surface area contributed by atoms with Gasteiger partial charge in [-0.3, -0.25) is 4.79 Å². The van der Waals surface area contributed by atoms with Crippen molar-refractivity contribution in [2.24, 2.45) is 0 Å². The zero-order valence-electron chi connectivity index (χ0n) is 9.67. The lowest BCUT2D eigenvalue weighted by Gasteiger charge is -2.19. The normalized spacial score (nSPS) is 11.5. The second kappa shape index (κ2) is 7.44. The number of amides is 2. The quantitative estimate of drug-likeness (QED) is 0.500. The fourth-order valence-corrected chi connectivity index (χ4v) is 0.917. The molecule has 0 aliphatic rings. The number of carboxylic acid groups (broad SMARTS) is 1. The Morgan fingerprint density at radius 2 is 2.00 bits per heavy atom. The zero-order valence-corrected chi connectivity index (χ0v) is 9.67. The van der Waals surface area contributed by atoms with Crippen LogP contribution in [0.3, 0.4) is 0 Å². The molecule has 0 heterocycles. The lowest BCUT2D eigenvalue weighted by Crippen LogP contribution is -2.49. The maximum absolute atomic E-state index is 11.4. The monoisotopic (exact) mass is 248 g/mol. The Morgan fingerprint density at radius 3 is 2.41 bits per heavy atom. The summed E-state index contributed by atoms with van der Waals surface area (Å²) in [6.07, 6.45) is 0.